The molecule has 0 radical (unpaired) electrons. The molecule has 3 aromatic rings. The van der Waals surface area contributed by atoms with Crippen molar-refractivity contribution >= 4 is 16.6 Å². The number of aryl methyl sites for hydroxylation is 2. The van der Waals surface area contributed by atoms with Crippen LogP contribution in [0.1, 0.15) is 79.9 Å². The lowest BCUT2D eigenvalue weighted by Crippen LogP contribution is -2.28. The number of aromatic amines is 1. The second-order valence-corrected chi connectivity index (χ2v) is 9.63. The van der Waals surface area contributed by atoms with Crippen LogP contribution in [0.4, 0.5) is 5.69 Å². The number of rotatable bonds is 9. The van der Waals surface area contributed by atoms with Crippen molar-refractivity contribution in [3.05, 3.63) is 69.3 Å². The van der Waals surface area contributed by atoms with Gasteiger partial charge in [-0.3, -0.25) is 9.78 Å². The topological polar surface area (TPSA) is 69.8 Å². The Balaban J connectivity index is 1.07. The number of anilines is 1. The molecule has 5 heteroatoms. The normalized spacial score (nSPS) is 17.5. The van der Waals surface area contributed by atoms with E-state index in [-0.39, 0.29) is 5.56 Å². The van der Waals surface area contributed by atoms with E-state index < -0.39 is 0 Å². The van der Waals surface area contributed by atoms with E-state index in [1.54, 1.807) is 6.07 Å². The van der Waals surface area contributed by atoms with Gasteiger partial charge in [0.25, 0.3) is 0 Å². The van der Waals surface area contributed by atoms with Crippen molar-refractivity contribution in [2.24, 2.45) is 0 Å². The molecular weight excluding hydrogens is 408 g/mol. The van der Waals surface area contributed by atoms with E-state index in [1.807, 2.05) is 6.07 Å². The van der Waals surface area contributed by atoms with E-state index in [9.17, 15) is 4.79 Å². The van der Waals surface area contributed by atoms with Crippen LogP contribution < -0.4 is 16.2 Å². The Labute approximate surface area is 196 Å². The van der Waals surface area contributed by atoms with Crippen LogP contribution in [0.15, 0.2) is 41.2 Å². The highest BCUT2D eigenvalue weighted by atomic mass is 16.1. The van der Waals surface area contributed by atoms with Crippen LogP contribution >= 0.6 is 0 Å². The molecule has 0 saturated carbocycles. The molecule has 0 unspecified atom stereocenters. The molecule has 2 heterocycles. The van der Waals surface area contributed by atoms with Crippen LogP contribution in [0.25, 0.3) is 10.9 Å². The standard InChI is InChI=1S/C28H36N4O/c33-27-17-16-20-23(14-9-15-24(20)32-27)29-18-7-1-2-8-19-30-28-21-10-3-5-12-25(21)31-26-13-6-4-11-22(26)28/h3,5,10,12,16-17,23,29H,1-2,4,6-9,11,13-15,18-19H2,(H,30,31)(H,32,33)/t23-/m0/s1. The van der Waals surface area contributed by atoms with Gasteiger partial charge in [-0.15, -0.1) is 0 Å². The summed E-state index contributed by atoms with van der Waals surface area (Å²) in [6.45, 7) is 2.07. The largest absolute Gasteiger partial charge is 0.384 e. The molecule has 0 saturated heterocycles. The number of H-pyrrole nitrogens is 1. The van der Waals surface area contributed by atoms with Gasteiger partial charge in [-0.1, -0.05) is 37.1 Å². The quantitative estimate of drug-likeness (QED) is 0.384. The zero-order chi connectivity index (χ0) is 22.5. The van der Waals surface area contributed by atoms with E-state index >= 15 is 0 Å². The molecule has 0 fully saturated rings. The fraction of sp³-hybridized carbons (Fsp3) is 0.500. The molecule has 5 nitrogen and oxygen atoms in total. The lowest BCUT2D eigenvalue weighted by Gasteiger charge is -2.26. The highest BCUT2D eigenvalue weighted by molar-refractivity contribution is 5.93. The Kier molecular flexibility index (Phi) is 7.06. The smallest absolute Gasteiger partial charge is 0.248 e. The second-order valence-electron chi connectivity index (χ2n) is 9.63. The number of unbranched alkanes of at least 4 members (excludes halogenated alkanes) is 3. The highest BCUT2D eigenvalue weighted by Crippen LogP contribution is 2.33. The Morgan fingerprint density at radius 1 is 0.909 bits per heavy atom. The third-order valence-electron chi connectivity index (χ3n) is 7.30. The molecule has 2 aromatic heterocycles. The summed E-state index contributed by atoms with van der Waals surface area (Å²) in [7, 11) is 0. The van der Waals surface area contributed by atoms with Crippen molar-refractivity contribution in [1.29, 1.82) is 0 Å². The van der Waals surface area contributed by atoms with Crippen LogP contribution in [-0.4, -0.2) is 23.1 Å². The number of benzene rings is 1. The number of nitrogens with zero attached hydrogens (tertiary/aromatic N) is 1. The van der Waals surface area contributed by atoms with Crippen LogP contribution in [0, 0.1) is 0 Å². The minimum Gasteiger partial charge on any atom is -0.384 e. The van der Waals surface area contributed by atoms with E-state index in [0.717, 1.165) is 56.4 Å². The number of para-hydroxylation sites is 1. The molecule has 1 aromatic carbocycles. The van der Waals surface area contributed by atoms with E-state index in [1.165, 1.54) is 66.4 Å². The predicted octanol–water partition coefficient (Wildman–Crippen LogP) is 5.44. The molecule has 0 spiro atoms. The van der Waals surface area contributed by atoms with Crippen molar-refractivity contribution in [2.75, 3.05) is 18.4 Å². The molecule has 2 aliphatic carbocycles. The molecule has 0 aliphatic heterocycles. The van der Waals surface area contributed by atoms with Crippen molar-refractivity contribution in [3.63, 3.8) is 0 Å². The summed E-state index contributed by atoms with van der Waals surface area (Å²) in [6, 6.07) is 12.6. The monoisotopic (exact) mass is 444 g/mol. The second kappa shape index (κ2) is 10.5. The summed E-state index contributed by atoms with van der Waals surface area (Å²) in [6.07, 6.45) is 13.0. The van der Waals surface area contributed by atoms with Gasteiger partial charge in [0.15, 0.2) is 0 Å². The first-order chi connectivity index (χ1) is 16.3. The lowest BCUT2D eigenvalue weighted by molar-refractivity contribution is 0.444. The maximum Gasteiger partial charge on any atom is 0.248 e. The SMILES string of the molecule is O=c1ccc2c([nH]1)CCC[C@@H]2NCCCCCCNc1c2c(nc3ccccc13)CCCC2. The fourth-order valence-corrected chi connectivity index (χ4v) is 5.58. The van der Waals surface area contributed by atoms with Crippen molar-refractivity contribution in [1.82, 2.24) is 15.3 Å². The number of nitrogens with one attached hydrogen (secondary N) is 3. The van der Waals surface area contributed by atoms with E-state index in [2.05, 4.69) is 39.9 Å². The zero-order valence-electron chi connectivity index (χ0n) is 19.6. The van der Waals surface area contributed by atoms with Crippen LogP contribution in [0.3, 0.4) is 0 Å². The van der Waals surface area contributed by atoms with Crippen molar-refractivity contribution < 1.29 is 0 Å². The van der Waals surface area contributed by atoms with Gasteiger partial charge >= 0.3 is 0 Å². The van der Waals surface area contributed by atoms with Gasteiger partial charge in [0.2, 0.25) is 5.56 Å². The maximum atomic E-state index is 11.6. The summed E-state index contributed by atoms with van der Waals surface area (Å²) < 4.78 is 0. The average Bonchev–Trinajstić information content (AvgIpc) is 2.84. The Morgan fingerprint density at radius 2 is 1.76 bits per heavy atom. The number of pyridine rings is 2. The summed E-state index contributed by atoms with van der Waals surface area (Å²) in [5.74, 6) is 0. The van der Waals surface area contributed by atoms with Gasteiger partial charge in [0.05, 0.1) is 5.52 Å². The fourth-order valence-electron chi connectivity index (χ4n) is 5.58. The Bertz CT molecular complexity index is 1150. The summed E-state index contributed by atoms with van der Waals surface area (Å²) >= 11 is 0. The van der Waals surface area contributed by atoms with Gasteiger partial charge in [-0.05, 0) is 81.5 Å². The molecule has 3 N–H and O–H groups in total. The van der Waals surface area contributed by atoms with E-state index in [4.69, 9.17) is 4.98 Å². The molecule has 5 rings (SSSR count). The highest BCUT2D eigenvalue weighted by Gasteiger charge is 2.20. The first kappa shape index (κ1) is 22.1. The number of fused-ring (bicyclic) bond motifs is 3. The minimum absolute atomic E-state index is 0.0169. The first-order valence-corrected chi connectivity index (χ1v) is 12.9. The van der Waals surface area contributed by atoms with E-state index in [0.29, 0.717) is 6.04 Å². The molecule has 0 amide bonds. The number of aromatic nitrogens is 2. The van der Waals surface area contributed by atoms with Gasteiger partial charge < -0.3 is 15.6 Å². The molecule has 33 heavy (non-hydrogen) atoms. The maximum absolute atomic E-state index is 11.6. The molecule has 0 bridgehead atoms. The van der Waals surface area contributed by atoms with Gasteiger partial charge in [0, 0.05) is 41.1 Å². The predicted molar refractivity (Wildman–Crippen MR) is 136 cm³/mol. The molecule has 174 valence electrons. The average molecular weight is 445 g/mol. The van der Waals surface area contributed by atoms with Gasteiger partial charge in [-0.25, -0.2) is 0 Å². The lowest BCUT2D eigenvalue weighted by atomic mass is 9.91. The first-order valence-electron chi connectivity index (χ1n) is 12.9. The Hall–Kier alpha value is -2.66. The zero-order valence-corrected chi connectivity index (χ0v) is 19.6. The Morgan fingerprint density at radius 3 is 2.70 bits per heavy atom. The summed E-state index contributed by atoms with van der Waals surface area (Å²) in [5, 5.41) is 8.79. The van der Waals surface area contributed by atoms with Gasteiger partial charge in [-0.2, -0.15) is 0 Å². The summed E-state index contributed by atoms with van der Waals surface area (Å²) in [4.78, 5) is 19.5. The molecule has 1 atom stereocenters. The van der Waals surface area contributed by atoms with Gasteiger partial charge in [0.1, 0.15) is 0 Å². The van der Waals surface area contributed by atoms with Crippen molar-refractivity contribution in [3.8, 4) is 0 Å². The third-order valence-corrected chi connectivity index (χ3v) is 7.30. The third kappa shape index (κ3) is 5.14. The number of hydrogen-bond acceptors (Lipinski definition) is 4. The van der Waals surface area contributed by atoms with Crippen molar-refractivity contribution in [2.45, 2.75) is 76.7 Å². The van der Waals surface area contributed by atoms with Crippen LogP contribution in [-0.2, 0) is 19.3 Å². The van der Waals surface area contributed by atoms with Crippen LogP contribution in [0.2, 0.25) is 0 Å². The molecular formula is C28H36N4O. The number of hydrogen-bond donors (Lipinski definition) is 3. The van der Waals surface area contributed by atoms with Crippen LogP contribution in [0.5, 0.6) is 0 Å². The minimum atomic E-state index is 0.0169. The summed E-state index contributed by atoms with van der Waals surface area (Å²) in [5.41, 5.74) is 7.66. The molecule has 2 aliphatic rings.